The second kappa shape index (κ2) is 11.0. The number of hydrogen-bond donors (Lipinski definition) is 3. The molecule has 0 radical (unpaired) electrons. The van der Waals surface area contributed by atoms with E-state index in [-0.39, 0.29) is 24.5 Å². The van der Waals surface area contributed by atoms with Crippen LogP contribution in [-0.4, -0.2) is 66.5 Å². The maximum Gasteiger partial charge on any atom is 0.333 e. The van der Waals surface area contributed by atoms with Gasteiger partial charge in [-0.1, -0.05) is 17.7 Å². The SMILES string of the molecule is CN1CCc2ccc(Cl)cc2C1c1csc(C(=O)c2cncnc2N[C@@H]2C[C@H](COS(N)(=O)=O)[C@@H](O)C2)c1. The molecule has 2 aromatic heterocycles. The molecule has 1 fully saturated rings. The number of thiophene rings is 1. The van der Waals surface area contributed by atoms with E-state index in [0.29, 0.717) is 34.1 Å². The number of likely N-dealkylation sites (N-methyl/N-ethyl adjacent to an activating group) is 1. The molecule has 0 amide bonds. The summed E-state index contributed by atoms with van der Waals surface area (Å²) in [6.07, 6.45) is 3.76. The van der Waals surface area contributed by atoms with Gasteiger partial charge in [0.1, 0.15) is 12.1 Å². The Morgan fingerprint density at radius 3 is 2.95 bits per heavy atom. The smallest absolute Gasteiger partial charge is 0.333 e. The highest BCUT2D eigenvalue weighted by Crippen LogP contribution is 2.38. The van der Waals surface area contributed by atoms with Crippen LogP contribution in [0.1, 0.15) is 50.8 Å². The lowest BCUT2D eigenvalue weighted by molar-refractivity contribution is 0.101. The Morgan fingerprint density at radius 1 is 1.34 bits per heavy atom. The quantitative estimate of drug-likeness (QED) is 0.344. The third kappa shape index (κ3) is 5.91. The monoisotopic (exact) mass is 577 g/mol. The molecule has 0 saturated heterocycles. The number of nitrogens with two attached hydrogens (primary N) is 1. The number of aliphatic hydroxyl groups is 1. The molecule has 0 spiro atoms. The predicted octanol–water partition coefficient (Wildman–Crippen LogP) is 2.77. The van der Waals surface area contributed by atoms with Gasteiger partial charge in [-0.15, -0.1) is 11.3 Å². The van der Waals surface area contributed by atoms with Crippen molar-refractivity contribution in [1.82, 2.24) is 14.9 Å². The van der Waals surface area contributed by atoms with E-state index in [9.17, 15) is 18.3 Å². The number of hydrogen-bond acceptors (Lipinski definition) is 10. The van der Waals surface area contributed by atoms with Gasteiger partial charge in [-0.3, -0.25) is 13.9 Å². The van der Waals surface area contributed by atoms with Gasteiger partial charge < -0.3 is 10.4 Å². The van der Waals surface area contributed by atoms with Crippen LogP contribution in [0, 0.1) is 5.92 Å². The van der Waals surface area contributed by atoms with Crippen LogP contribution in [0.15, 0.2) is 42.2 Å². The maximum atomic E-state index is 13.6. The number of halogens is 1. The fourth-order valence-corrected chi connectivity index (χ4v) is 6.70. The van der Waals surface area contributed by atoms with Crippen LogP contribution in [0.25, 0.3) is 0 Å². The molecule has 10 nitrogen and oxygen atoms in total. The minimum absolute atomic E-state index is 0.00340. The Hall–Kier alpha value is -2.45. The number of rotatable bonds is 8. The Balaban J connectivity index is 1.34. The number of nitrogens with one attached hydrogen (secondary N) is 1. The molecule has 3 aromatic rings. The summed E-state index contributed by atoms with van der Waals surface area (Å²) in [6, 6.07) is 7.66. The van der Waals surface area contributed by atoms with Crippen LogP contribution < -0.4 is 10.5 Å². The molecule has 1 aliphatic heterocycles. The molecular weight excluding hydrogens is 550 g/mol. The predicted molar refractivity (Wildman–Crippen MR) is 145 cm³/mol. The summed E-state index contributed by atoms with van der Waals surface area (Å²) in [5.74, 6) is -0.269. The summed E-state index contributed by atoms with van der Waals surface area (Å²) in [4.78, 5) is 24.7. The molecule has 0 bridgehead atoms. The van der Waals surface area contributed by atoms with Crippen molar-refractivity contribution in [1.29, 1.82) is 0 Å². The number of benzene rings is 1. The van der Waals surface area contributed by atoms with Gasteiger partial charge in [0.15, 0.2) is 0 Å². The number of ketones is 1. The van der Waals surface area contributed by atoms with Crippen molar-refractivity contribution < 1.29 is 22.5 Å². The Bertz CT molecular complexity index is 1450. The van der Waals surface area contributed by atoms with E-state index in [1.807, 2.05) is 23.6 Å². The van der Waals surface area contributed by atoms with Crippen molar-refractivity contribution in [2.24, 2.45) is 11.1 Å². The first-order chi connectivity index (χ1) is 18.1. The molecule has 13 heteroatoms. The molecule has 202 valence electrons. The topological polar surface area (TPSA) is 148 Å². The van der Waals surface area contributed by atoms with Gasteiger partial charge in [-0.05, 0) is 66.6 Å². The first kappa shape index (κ1) is 27.1. The van der Waals surface area contributed by atoms with Crippen molar-refractivity contribution in [2.75, 3.05) is 25.5 Å². The maximum absolute atomic E-state index is 13.6. The Labute approximate surface area is 230 Å². The number of carbonyl (C=O) groups is 1. The van der Waals surface area contributed by atoms with E-state index in [4.69, 9.17) is 16.7 Å². The number of fused-ring (bicyclic) bond motifs is 1. The van der Waals surface area contributed by atoms with Crippen LogP contribution in [0.5, 0.6) is 0 Å². The lowest BCUT2D eigenvalue weighted by atomic mass is 9.89. The molecule has 4 atom stereocenters. The van der Waals surface area contributed by atoms with Gasteiger partial charge in [-0.25, -0.2) is 15.1 Å². The minimum atomic E-state index is -4.09. The largest absolute Gasteiger partial charge is 0.393 e. The third-order valence-electron chi connectivity index (χ3n) is 7.14. The number of aliphatic hydroxyl groups excluding tert-OH is 1. The summed E-state index contributed by atoms with van der Waals surface area (Å²) in [5.41, 5.74) is 3.74. The highest BCUT2D eigenvalue weighted by molar-refractivity contribution is 7.84. The van der Waals surface area contributed by atoms with Gasteiger partial charge in [0.25, 0.3) is 0 Å². The van der Waals surface area contributed by atoms with Crippen LogP contribution in [0.4, 0.5) is 5.82 Å². The van der Waals surface area contributed by atoms with Gasteiger partial charge in [-0.2, -0.15) is 8.42 Å². The third-order valence-corrected chi connectivity index (χ3v) is 8.78. The molecule has 1 aliphatic carbocycles. The molecule has 3 heterocycles. The number of aromatic nitrogens is 2. The van der Waals surface area contributed by atoms with E-state index in [1.54, 1.807) is 0 Å². The number of anilines is 1. The van der Waals surface area contributed by atoms with Crippen LogP contribution in [-0.2, 0) is 20.9 Å². The molecule has 4 N–H and O–H groups in total. The van der Waals surface area contributed by atoms with Crippen LogP contribution in [0.2, 0.25) is 5.02 Å². The fraction of sp³-hybridized carbons (Fsp3) is 0.400. The van der Waals surface area contributed by atoms with E-state index in [1.165, 1.54) is 29.4 Å². The lowest BCUT2D eigenvalue weighted by Gasteiger charge is -2.34. The molecule has 38 heavy (non-hydrogen) atoms. The number of nitrogens with zero attached hydrogens (tertiary/aromatic N) is 3. The van der Waals surface area contributed by atoms with Crippen LogP contribution in [0.3, 0.4) is 0 Å². The van der Waals surface area contributed by atoms with E-state index in [0.717, 1.165) is 24.1 Å². The highest BCUT2D eigenvalue weighted by atomic mass is 35.5. The second-order valence-corrected chi connectivity index (χ2v) is 12.3. The summed E-state index contributed by atoms with van der Waals surface area (Å²) >= 11 is 7.68. The average molecular weight is 578 g/mol. The van der Waals surface area contributed by atoms with E-state index >= 15 is 0 Å². The van der Waals surface area contributed by atoms with E-state index < -0.39 is 22.3 Å². The molecule has 1 saturated carbocycles. The first-order valence-corrected chi connectivity index (χ1v) is 14.9. The Kier molecular flexibility index (Phi) is 7.83. The first-order valence-electron chi connectivity index (χ1n) is 12.1. The van der Waals surface area contributed by atoms with Crippen molar-refractivity contribution in [2.45, 2.75) is 37.5 Å². The van der Waals surface area contributed by atoms with Crippen molar-refractivity contribution >= 4 is 44.8 Å². The van der Waals surface area contributed by atoms with Gasteiger partial charge in [0.05, 0.1) is 29.2 Å². The second-order valence-electron chi connectivity index (χ2n) is 9.75. The number of carbonyl (C=O) groups excluding carboxylic acids is 1. The Morgan fingerprint density at radius 2 is 2.16 bits per heavy atom. The molecule has 2 aliphatic rings. The zero-order chi connectivity index (χ0) is 27.0. The summed E-state index contributed by atoms with van der Waals surface area (Å²) in [7, 11) is -2.03. The van der Waals surface area contributed by atoms with Crippen LogP contribution >= 0.6 is 22.9 Å². The molecule has 1 unspecified atom stereocenters. The zero-order valence-electron chi connectivity index (χ0n) is 20.6. The fourth-order valence-electron chi connectivity index (χ4n) is 5.28. The summed E-state index contributed by atoms with van der Waals surface area (Å²) < 4.78 is 26.9. The molecule has 1 aromatic carbocycles. The van der Waals surface area contributed by atoms with Gasteiger partial charge >= 0.3 is 10.3 Å². The zero-order valence-corrected chi connectivity index (χ0v) is 23.0. The molecule has 5 rings (SSSR count). The van der Waals surface area contributed by atoms with Crippen molar-refractivity contribution in [3.63, 3.8) is 0 Å². The summed E-state index contributed by atoms with van der Waals surface area (Å²) in [6.45, 7) is 0.686. The van der Waals surface area contributed by atoms with E-state index in [2.05, 4.69) is 37.5 Å². The standard InChI is InChI=1S/C25H28ClN5O5S2/c1-31-5-4-14-2-3-17(26)8-19(14)23(31)16-7-22(37-12-16)24(33)20-10-28-13-29-25(20)30-18-6-15(21(32)9-18)11-36-38(27,34)35/h2-3,7-8,10,12-13,15,18,21,23,32H,4-6,9,11H2,1H3,(H2,27,34,35)(H,28,29,30)/t15-,18-,21+,23?/m1/s1. The van der Waals surface area contributed by atoms with Crippen molar-refractivity contribution in [3.05, 3.63) is 74.3 Å². The van der Waals surface area contributed by atoms with Gasteiger partial charge in [0.2, 0.25) is 5.78 Å². The van der Waals surface area contributed by atoms with Crippen molar-refractivity contribution in [3.8, 4) is 0 Å². The minimum Gasteiger partial charge on any atom is -0.393 e. The highest BCUT2D eigenvalue weighted by Gasteiger charge is 2.35. The lowest BCUT2D eigenvalue weighted by Crippen LogP contribution is -2.32. The summed E-state index contributed by atoms with van der Waals surface area (Å²) in [5, 5.41) is 21.2. The molecular formula is C25H28ClN5O5S2. The van der Waals surface area contributed by atoms with Gasteiger partial charge in [0, 0.05) is 29.7 Å². The normalized spacial score (nSPS) is 23.8. The average Bonchev–Trinajstić information content (AvgIpc) is 3.48.